The first kappa shape index (κ1) is 16.0. The highest BCUT2D eigenvalue weighted by molar-refractivity contribution is 7.72. The molecule has 0 radical (unpaired) electrons. The van der Waals surface area contributed by atoms with Crippen molar-refractivity contribution in [3.63, 3.8) is 0 Å². The quantitative estimate of drug-likeness (QED) is 0.380. The summed E-state index contributed by atoms with van der Waals surface area (Å²) in [6, 6.07) is 0. The van der Waals surface area contributed by atoms with Crippen molar-refractivity contribution in [1.29, 1.82) is 0 Å². The lowest BCUT2D eigenvalue weighted by Crippen LogP contribution is -2.08. The second kappa shape index (κ2) is 8.18. The maximum atomic E-state index is 12.2. The Morgan fingerprint density at radius 3 is 1.88 bits per heavy atom. The van der Waals surface area contributed by atoms with Gasteiger partial charge in [-0.1, -0.05) is 30.9 Å². The van der Waals surface area contributed by atoms with E-state index in [1.165, 1.54) is 6.92 Å². The fourth-order valence-corrected chi connectivity index (χ4v) is 2.20. The summed E-state index contributed by atoms with van der Waals surface area (Å²) in [5, 5.41) is 0. The van der Waals surface area contributed by atoms with Crippen LogP contribution in [0.15, 0.2) is 36.5 Å². The minimum Gasteiger partial charge on any atom is -0.299 e. The molecule has 0 saturated heterocycles. The summed E-state index contributed by atoms with van der Waals surface area (Å²) >= 11 is 0. The van der Waals surface area contributed by atoms with Gasteiger partial charge in [-0.3, -0.25) is 18.4 Å². The standard InChI is InChI=1S/C12H19O4P/c1-5-7-9-15-17(14,12(13)11(3)4)16-10-8-6-2/h5-8H,3,9-10H2,1-2,4H3. The van der Waals surface area contributed by atoms with E-state index in [2.05, 4.69) is 6.58 Å². The number of carbonyl (C=O) groups is 1. The van der Waals surface area contributed by atoms with Crippen LogP contribution in [-0.2, 0) is 18.4 Å². The molecule has 0 aromatic carbocycles. The van der Waals surface area contributed by atoms with Crippen molar-refractivity contribution in [3.05, 3.63) is 36.5 Å². The summed E-state index contributed by atoms with van der Waals surface area (Å²) in [7, 11) is -3.77. The summed E-state index contributed by atoms with van der Waals surface area (Å²) in [4.78, 5) is 11.7. The predicted molar refractivity (Wildman–Crippen MR) is 69.0 cm³/mol. The first-order chi connectivity index (χ1) is 7.98. The van der Waals surface area contributed by atoms with Gasteiger partial charge in [-0.2, -0.15) is 0 Å². The van der Waals surface area contributed by atoms with Gasteiger partial charge in [0.05, 0.1) is 13.2 Å². The van der Waals surface area contributed by atoms with Gasteiger partial charge >= 0.3 is 7.60 Å². The fourth-order valence-electron chi connectivity index (χ4n) is 0.863. The lowest BCUT2D eigenvalue weighted by Gasteiger charge is -2.15. The van der Waals surface area contributed by atoms with Crippen LogP contribution in [0.1, 0.15) is 20.8 Å². The topological polar surface area (TPSA) is 52.6 Å². The first-order valence-corrected chi connectivity index (χ1v) is 6.84. The zero-order valence-electron chi connectivity index (χ0n) is 10.5. The second-order valence-electron chi connectivity index (χ2n) is 3.31. The Bertz CT molecular complexity index is 349. The van der Waals surface area contributed by atoms with Gasteiger partial charge in [0.1, 0.15) is 0 Å². The van der Waals surface area contributed by atoms with Crippen molar-refractivity contribution in [2.24, 2.45) is 0 Å². The number of allylic oxidation sites excluding steroid dienone is 3. The van der Waals surface area contributed by atoms with Crippen molar-refractivity contribution >= 4 is 13.1 Å². The predicted octanol–water partition coefficient (Wildman–Crippen LogP) is 3.47. The molecule has 96 valence electrons. The third kappa shape index (κ3) is 5.78. The Morgan fingerprint density at radius 2 is 1.59 bits per heavy atom. The Labute approximate surface area is 103 Å². The molecule has 0 heterocycles. The molecule has 0 aromatic heterocycles. The molecule has 0 bridgehead atoms. The number of hydrogen-bond acceptors (Lipinski definition) is 4. The van der Waals surface area contributed by atoms with E-state index in [9.17, 15) is 9.36 Å². The summed E-state index contributed by atoms with van der Waals surface area (Å²) < 4.78 is 22.3. The Balaban J connectivity index is 4.73. The molecule has 17 heavy (non-hydrogen) atoms. The Kier molecular flexibility index (Phi) is 7.72. The molecule has 0 aliphatic heterocycles. The van der Waals surface area contributed by atoms with Crippen LogP contribution in [0.2, 0.25) is 0 Å². The SMILES string of the molecule is C=C(C)C(=O)P(=O)(OCC=CC)OCC=CC. The first-order valence-electron chi connectivity index (χ1n) is 5.29. The van der Waals surface area contributed by atoms with E-state index in [0.29, 0.717) is 0 Å². The summed E-state index contributed by atoms with van der Waals surface area (Å²) in [6.07, 6.45) is 6.78. The van der Waals surface area contributed by atoms with Gasteiger partial charge in [-0.15, -0.1) is 0 Å². The average Bonchev–Trinajstić information content (AvgIpc) is 2.28. The van der Waals surface area contributed by atoms with E-state index in [1.807, 2.05) is 0 Å². The highest BCUT2D eigenvalue weighted by Gasteiger charge is 2.34. The zero-order valence-corrected chi connectivity index (χ0v) is 11.4. The van der Waals surface area contributed by atoms with Gasteiger partial charge in [-0.05, 0) is 26.3 Å². The van der Waals surface area contributed by atoms with E-state index in [1.54, 1.807) is 38.2 Å². The third-order valence-electron chi connectivity index (χ3n) is 1.77. The normalized spacial score (nSPS) is 15.2. The van der Waals surface area contributed by atoms with Crippen molar-refractivity contribution in [3.8, 4) is 0 Å². The number of rotatable bonds is 8. The fraction of sp³-hybridized carbons (Fsp3) is 0.417. The monoisotopic (exact) mass is 258 g/mol. The lowest BCUT2D eigenvalue weighted by molar-refractivity contribution is -0.110. The minimum atomic E-state index is -3.77. The van der Waals surface area contributed by atoms with Gasteiger partial charge in [0, 0.05) is 0 Å². The Morgan fingerprint density at radius 1 is 1.18 bits per heavy atom. The number of carbonyl (C=O) groups excluding carboxylic acids is 1. The third-order valence-corrected chi connectivity index (χ3v) is 3.62. The molecular formula is C12H19O4P. The van der Waals surface area contributed by atoms with Gasteiger partial charge in [0.25, 0.3) is 5.52 Å². The summed E-state index contributed by atoms with van der Waals surface area (Å²) in [5.74, 6) is 0. The highest BCUT2D eigenvalue weighted by Crippen LogP contribution is 2.50. The van der Waals surface area contributed by atoms with E-state index in [-0.39, 0.29) is 18.8 Å². The van der Waals surface area contributed by atoms with E-state index < -0.39 is 13.1 Å². The van der Waals surface area contributed by atoms with Crippen molar-refractivity contribution < 1.29 is 18.4 Å². The highest BCUT2D eigenvalue weighted by atomic mass is 31.2. The van der Waals surface area contributed by atoms with Crippen LogP contribution in [0.25, 0.3) is 0 Å². The molecule has 0 spiro atoms. The van der Waals surface area contributed by atoms with E-state index in [4.69, 9.17) is 9.05 Å². The lowest BCUT2D eigenvalue weighted by atomic mass is 10.4. The van der Waals surface area contributed by atoms with Gasteiger partial charge in [0.2, 0.25) is 0 Å². The van der Waals surface area contributed by atoms with E-state index >= 15 is 0 Å². The van der Waals surface area contributed by atoms with Crippen LogP contribution >= 0.6 is 7.60 Å². The summed E-state index contributed by atoms with van der Waals surface area (Å²) in [6.45, 7) is 8.69. The molecule has 0 aliphatic carbocycles. The van der Waals surface area contributed by atoms with Crippen molar-refractivity contribution in [1.82, 2.24) is 0 Å². The van der Waals surface area contributed by atoms with Crippen molar-refractivity contribution in [2.75, 3.05) is 13.2 Å². The van der Waals surface area contributed by atoms with Gasteiger partial charge in [-0.25, -0.2) is 0 Å². The molecule has 0 unspecified atom stereocenters. The minimum absolute atomic E-state index is 0.0721. The van der Waals surface area contributed by atoms with Gasteiger partial charge < -0.3 is 0 Å². The van der Waals surface area contributed by atoms with Crippen LogP contribution in [0.5, 0.6) is 0 Å². The smallest absolute Gasteiger partial charge is 0.299 e. The molecule has 0 N–H and O–H groups in total. The summed E-state index contributed by atoms with van der Waals surface area (Å²) in [5.41, 5.74) is -0.513. The molecule has 0 aromatic rings. The van der Waals surface area contributed by atoms with Crippen LogP contribution in [0.4, 0.5) is 0 Å². The number of hydrogen-bond donors (Lipinski definition) is 0. The van der Waals surface area contributed by atoms with Crippen LogP contribution < -0.4 is 0 Å². The average molecular weight is 258 g/mol. The second-order valence-corrected chi connectivity index (χ2v) is 5.23. The molecule has 4 nitrogen and oxygen atoms in total. The molecular weight excluding hydrogens is 239 g/mol. The van der Waals surface area contributed by atoms with Crippen LogP contribution in [-0.4, -0.2) is 18.7 Å². The molecule has 0 atom stereocenters. The maximum absolute atomic E-state index is 12.2. The van der Waals surface area contributed by atoms with Crippen LogP contribution in [0, 0.1) is 0 Å². The molecule has 0 amide bonds. The molecule has 0 aliphatic rings. The largest absolute Gasteiger partial charge is 0.401 e. The van der Waals surface area contributed by atoms with Gasteiger partial charge in [0.15, 0.2) is 0 Å². The zero-order chi connectivity index (χ0) is 13.3. The molecule has 0 fully saturated rings. The van der Waals surface area contributed by atoms with Crippen molar-refractivity contribution in [2.45, 2.75) is 20.8 Å². The Hall–Kier alpha value is -0.960. The van der Waals surface area contributed by atoms with E-state index in [0.717, 1.165) is 0 Å². The molecule has 0 saturated carbocycles. The van der Waals surface area contributed by atoms with Crippen LogP contribution in [0.3, 0.4) is 0 Å². The molecule has 5 heteroatoms. The molecule has 0 rings (SSSR count). The maximum Gasteiger partial charge on any atom is 0.401 e.